The number of hydrogen-bond acceptors (Lipinski definition) is 3. The maximum absolute atomic E-state index is 12.8. The van der Waals surface area contributed by atoms with Gasteiger partial charge in [-0.15, -0.1) is 0 Å². The predicted molar refractivity (Wildman–Crippen MR) is 94.5 cm³/mol. The summed E-state index contributed by atoms with van der Waals surface area (Å²) in [6.07, 6.45) is 2.39. The predicted octanol–water partition coefficient (Wildman–Crippen LogP) is 4.08. The smallest absolute Gasteiger partial charge is 0.279 e. The molecular formula is C18H15BrN2O2. The van der Waals surface area contributed by atoms with E-state index in [1.807, 2.05) is 18.2 Å². The monoisotopic (exact) mass is 370 g/mol. The van der Waals surface area contributed by atoms with Crippen LogP contribution in [0.15, 0.2) is 51.9 Å². The number of halogens is 1. The van der Waals surface area contributed by atoms with E-state index in [1.165, 1.54) is 4.68 Å². The van der Waals surface area contributed by atoms with E-state index in [0.29, 0.717) is 27.0 Å². The van der Waals surface area contributed by atoms with Gasteiger partial charge in [0.1, 0.15) is 0 Å². The Kier molecular flexibility index (Phi) is 4.13. The van der Waals surface area contributed by atoms with Crippen LogP contribution in [0.5, 0.6) is 0 Å². The summed E-state index contributed by atoms with van der Waals surface area (Å²) in [5, 5.41) is 5.64. The van der Waals surface area contributed by atoms with Crippen molar-refractivity contribution in [3.63, 3.8) is 0 Å². The van der Waals surface area contributed by atoms with Gasteiger partial charge in [0.15, 0.2) is 6.29 Å². The van der Waals surface area contributed by atoms with Crippen LogP contribution in [-0.4, -0.2) is 16.1 Å². The quantitative estimate of drug-likeness (QED) is 0.652. The molecule has 0 radical (unpaired) electrons. The van der Waals surface area contributed by atoms with Gasteiger partial charge in [-0.05, 0) is 51.7 Å². The third-order valence-corrected chi connectivity index (χ3v) is 4.54. The average molecular weight is 371 g/mol. The highest BCUT2D eigenvalue weighted by atomic mass is 79.9. The Morgan fingerprint density at radius 3 is 2.70 bits per heavy atom. The molecule has 0 aliphatic rings. The molecule has 1 heterocycles. The molecule has 23 heavy (non-hydrogen) atoms. The van der Waals surface area contributed by atoms with Gasteiger partial charge in [-0.2, -0.15) is 9.78 Å². The minimum absolute atomic E-state index is 0.237. The van der Waals surface area contributed by atoms with Crippen molar-refractivity contribution in [2.45, 2.75) is 19.8 Å². The molecule has 116 valence electrons. The van der Waals surface area contributed by atoms with E-state index in [-0.39, 0.29) is 5.56 Å². The van der Waals surface area contributed by atoms with Crippen LogP contribution >= 0.6 is 15.9 Å². The van der Waals surface area contributed by atoms with Gasteiger partial charge in [-0.3, -0.25) is 9.59 Å². The highest BCUT2D eigenvalue weighted by Crippen LogP contribution is 2.22. The molecule has 5 heteroatoms. The van der Waals surface area contributed by atoms with Gasteiger partial charge < -0.3 is 0 Å². The molecule has 0 saturated carbocycles. The molecule has 3 aromatic rings. The Balaban J connectivity index is 2.27. The van der Waals surface area contributed by atoms with Crippen LogP contribution in [0.1, 0.15) is 35.7 Å². The molecular weight excluding hydrogens is 356 g/mol. The van der Waals surface area contributed by atoms with Crippen molar-refractivity contribution in [1.82, 2.24) is 9.78 Å². The third kappa shape index (κ3) is 2.72. The van der Waals surface area contributed by atoms with Crippen LogP contribution < -0.4 is 5.56 Å². The summed E-state index contributed by atoms with van der Waals surface area (Å²) in [5.41, 5.74) is 1.79. The van der Waals surface area contributed by atoms with Gasteiger partial charge in [0.05, 0.1) is 22.8 Å². The van der Waals surface area contributed by atoms with Crippen molar-refractivity contribution in [2.24, 2.45) is 0 Å². The number of rotatable bonds is 3. The number of fused-ring (bicyclic) bond motifs is 1. The fourth-order valence-electron chi connectivity index (χ4n) is 2.53. The van der Waals surface area contributed by atoms with Gasteiger partial charge in [0.2, 0.25) is 0 Å². The highest BCUT2D eigenvalue weighted by Gasteiger charge is 2.12. The third-order valence-electron chi connectivity index (χ3n) is 3.85. The van der Waals surface area contributed by atoms with Crippen LogP contribution in [0, 0.1) is 0 Å². The standard InChI is InChI=1S/C18H15BrN2O2/c1-11(2)12-6-7-14-13(8-12)9-20-21(18(14)23)17-5-3-4-16(19)15(17)10-22/h3-11H,1-2H3. The van der Waals surface area contributed by atoms with Gasteiger partial charge in [0, 0.05) is 9.86 Å². The lowest BCUT2D eigenvalue weighted by molar-refractivity contribution is 0.112. The molecule has 0 aliphatic heterocycles. The largest absolute Gasteiger partial charge is 0.298 e. The van der Waals surface area contributed by atoms with Crippen LogP contribution in [0.3, 0.4) is 0 Å². The number of hydrogen-bond donors (Lipinski definition) is 0. The van der Waals surface area contributed by atoms with Crippen LogP contribution in [0.2, 0.25) is 0 Å². The fourth-order valence-corrected chi connectivity index (χ4v) is 2.98. The lowest BCUT2D eigenvalue weighted by atomic mass is 10.0. The summed E-state index contributed by atoms with van der Waals surface area (Å²) in [5.74, 6) is 0.383. The minimum Gasteiger partial charge on any atom is -0.298 e. The topological polar surface area (TPSA) is 52.0 Å². The molecule has 0 atom stereocenters. The van der Waals surface area contributed by atoms with E-state index in [0.717, 1.165) is 17.2 Å². The second-order valence-electron chi connectivity index (χ2n) is 5.65. The molecule has 0 amide bonds. The summed E-state index contributed by atoms with van der Waals surface area (Å²) < 4.78 is 1.90. The van der Waals surface area contributed by atoms with E-state index < -0.39 is 0 Å². The number of carbonyl (C=O) groups excluding carboxylic acids is 1. The van der Waals surface area contributed by atoms with Crippen molar-refractivity contribution < 1.29 is 4.79 Å². The molecule has 1 aromatic heterocycles. The van der Waals surface area contributed by atoms with Crippen LogP contribution in [0.25, 0.3) is 16.5 Å². The first kappa shape index (κ1) is 15.6. The molecule has 0 fully saturated rings. The SMILES string of the molecule is CC(C)c1ccc2c(=O)n(-c3cccc(Br)c3C=O)ncc2c1. The number of benzene rings is 2. The summed E-state index contributed by atoms with van der Waals surface area (Å²) in [6, 6.07) is 11.0. The number of aromatic nitrogens is 2. The van der Waals surface area contributed by atoms with Gasteiger partial charge >= 0.3 is 0 Å². The summed E-state index contributed by atoms with van der Waals surface area (Å²) in [7, 11) is 0. The Hall–Kier alpha value is -2.27. The maximum atomic E-state index is 12.8. The molecule has 0 spiro atoms. The molecule has 2 aromatic carbocycles. The lowest BCUT2D eigenvalue weighted by Crippen LogP contribution is -2.22. The number of nitrogens with zero attached hydrogens (tertiary/aromatic N) is 2. The zero-order chi connectivity index (χ0) is 16.6. The first-order valence-electron chi connectivity index (χ1n) is 7.29. The molecule has 0 N–H and O–H groups in total. The summed E-state index contributed by atoms with van der Waals surface area (Å²) in [4.78, 5) is 24.1. The Morgan fingerprint density at radius 2 is 2.00 bits per heavy atom. The van der Waals surface area contributed by atoms with Crippen LogP contribution in [0.4, 0.5) is 0 Å². The average Bonchev–Trinajstić information content (AvgIpc) is 2.54. The molecule has 3 rings (SSSR count). The molecule has 0 saturated heterocycles. The van der Waals surface area contributed by atoms with E-state index in [2.05, 4.69) is 34.9 Å². The van der Waals surface area contributed by atoms with E-state index >= 15 is 0 Å². The van der Waals surface area contributed by atoms with Gasteiger partial charge in [-0.25, -0.2) is 0 Å². The zero-order valence-electron chi connectivity index (χ0n) is 12.8. The number of aldehydes is 1. The summed E-state index contributed by atoms with van der Waals surface area (Å²) in [6.45, 7) is 4.21. The molecule has 0 aliphatic carbocycles. The van der Waals surface area contributed by atoms with Crippen LogP contribution in [-0.2, 0) is 0 Å². The zero-order valence-corrected chi connectivity index (χ0v) is 14.4. The molecule has 0 bridgehead atoms. The van der Waals surface area contributed by atoms with E-state index in [1.54, 1.807) is 24.4 Å². The van der Waals surface area contributed by atoms with Gasteiger partial charge in [-0.1, -0.05) is 26.0 Å². The van der Waals surface area contributed by atoms with Gasteiger partial charge in [0.25, 0.3) is 5.56 Å². The first-order chi connectivity index (χ1) is 11.0. The minimum atomic E-state index is -0.237. The van der Waals surface area contributed by atoms with Crippen molar-refractivity contribution in [2.75, 3.05) is 0 Å². The molecule has 0 unspecified atom stereocenters. The Labute approximate surface area is 141 Å². The Bertz CT molecular complexity index is 961. The van der Waals surface area contributed by atoms with E-state index in [4.69, 9.17) is 0 Å². The second kappa shape index (κ2) is 6.08. The van der Waals surface area contributed by atoms with Crippen molar-refractivity contribution in [3.8, 4) is 5.69 Å². The lowest BCUT2D eigenvalue weighted by Gasteiger charge is -2.11. The maximum Gasteiger partial charge on any atom is 0.279 e. The van der Waals surface area contributed by atoms with Crippen molar-refractivity contribution >= 4 is 33.0 Å². The van der Waals surface area contributed by atoms with Crippen molar-refractivity contribution in [3.05, 3.63) is 68.5 Å². The van der Waals surface area contributed by atoms with E-state index in [9.17, 15) is 9.59 Å². The normalized spacial score (nSPS) is 11.1. The Morgan fingerprint density at radius 1 is 1.22 bits per heavy atom. The summed E-state index contributed by atoms with van der Waals surface area (Å²) >= 11 is 3.33. The first-order valence-corrected chi connectivity index (χ1v) is 8.08. The molecule has 4 nitrogen and oxygen atoms in total. The van der Waals surface area contributed by atoms with Crippen molar-refractivity contribution in [1.29, 1.82) is 0 Å². The number of carbonyl (C=O) groups is 1. The fraction of sp³-hybridized carbons (Fsp3) is 0.167. The second-order valence-corrected chi connectivity index (χ2v) is 6.51. The highest BCUT2D eigenvalue weighted by molar-refractivity contribution is 9.10.